The molecule has 0 saturated carbocycles. The van der Waals surface area contributed by atoms with Gasteiger partial charge in [-0.15, -0.1) is 0 Å². The minimum atomic E-state index is -1.94. The normalized spacial score (nSPS) is 11.1. The summed E-state index contributed by atoms with van der Waals surface area (Å²) in [6.07, 6.45) is -0.372. The summed E-state index contributed by atoms with van der Waals surface area (Å²) in [4.78, 5) is 33.8. The molecule has 1 aromatic rings. The molecule has 0 radical (unpaired) electrons. The Morgan fingerprint density at radius 2 is 1.58 bits per heavy atom. The van der Waals surface area contributed by atoms with Gasteiger partial charge in [-0.2, -0.15) is 0 Å². The monoisotopic (exact) mass is 328 g/mol. The zero-order valence-corrected chi connectivity index (χ0v) is 11.8. The summed E-state index contributed by atoms with van der Waals surface area (Å²) in [5.41, 5.74) is -1.51. The zero-order valence-electron chi connectivity index (χ0n) is 10.2. The Labute approximate surface area is 118 Å². The van der Waals surface area contributed by atoms with Gasteiger partial charge in [0.1, 0.15) is 0 Å². The molecular weight excluding hydrogens is 316 g/mol. The van der Waals surface area contributed by atoms with Gasteiger partial charge in [0.15, 0.2) is 11.2 Å². The number of ketones is 1. The number of halogens is 1. The number of rotatable bonds is 6. The van der Waals surface area contributed by atoms with E-state index < -0.39 is 17.4 Å². The summed E-state index contributed by atoms with van der Waals surface area (Å²) in [7, 11) is 0. The van der Waals surface area contributed by atoms with Crippen molar-refractivity contribution >= 4 is 33.7 Å². The van der Waals surface area contributed by atoms with E-state index in [-0.39, 0.29) is 18.6 Å². The van der Waals surface area contributed by atoms with Crippen molar-refractivity contribution in [2.45, 2.75) is 19.8 Å². The summed E-state index contributed by atoms with van der Waals surface area (Å²) >= 11 is 3.24. The first-order chi connectivity index (χ1) is 8.77. The highest BCUT2D eigenvalue weighted by atomic mass is 79.9. The molecule has 0 aliphatic rings. The van der Waals surface area contributed by atoms with Crippen LogP contribution in [0, 0.1) is 5.41 Å². The van der Waals surface area contributed by atoms with Gasteiger partial charge in [0.05, 0.1) is 0 Å². The van der Waals surface area contributed by atoms with E-state index in [1.807, 2.05) is 0 Å². The number of aliphatic carboxylic acids is 2. The van der Waals surface area contributed by atoms with Crippen LogP contribution >= 0.6 is 15.9 Å². The van der Waals surface area contributed by atoms with Crippen molar-refractivity contribution in [2.24, 2.45) is 5.41 Å². The molecule has 0 atom stereocenters. The van der Waals surface area contributed by atoms with Crippen molar-refractivity contribution < 1.29 is 24.6 Å². The van der Waals surface area contributed by atoms with E-state index in [0.29, 0.717) is 5.56 Å². The van der Waals surface area contributed by atoms with E-state index >= 15 is 0 Å². The summed E-state index contributed by atoms with van der Waals surface area (Å²) < 4.78 is 0.824. The topological polar surface area (TPSA) is 91.7 Å². The first-order valence-corrected chi connectivity index (χ1v) is 6.32. The SMILES string of the molecule is CC(CCC(=O)c1ccc(Br)cc1)(C(=O)O)C(=O)O. The number of carboxylic acid groups (broad SMARTS) is 2. The fourth-order valence-electron chi connectivity index (χ4n) is 1.45. The van der Waals surface area contributed by atoms with Crippen LogP contribution in [0.4, 0.5) is 0 Å². The molecule has 1 aromatic carbocycles. The van der Waals surface area contributed by atoms with Crippen molar-refractivity contribution in [3.05, 3.63) is 34.3 Å². The molecule has 0 fully saturated rings. The first-order valence-electron chi connectivity index (χ1n) is 5.53. The molecule has 0 aliphatic carbocycles. The maximum absolute atomic E-state index is 11.8. The fourth-order valence-corrected chi connectivity index (χ4v) is 1.71. The van der Waals surface area contributed by atoms with Gasteiger partial charge in [0, 0.05) is 16.5 Å². The maximum Gasteiger partial charge on any atom is 0.320 e. The van der Waals surface area contributed by atoms with Crippen LogP contribution in [0.1, 0.15) is 30.1 Å². The largest absolute Gasteiger partial charge is 0.480 e. The second kappa shape index (κ2) is 5.97. The molecule has 6 heteroatoms. The standard InChI is InChI=1S/C13H13BrO5/c1-13(11(16)17,12(18)19)7-6-10(15)8-2-4-9(14)5-3-8/h2-5H,6-7H2,1H3,(H,16,17)(H,18,19). The quantitative estimate of drug-likeness (QED) is 0.618. The molecule has 0 unspecified atom stereocenters. The summed E-state index contributed by atoms with van der Waals surface area (Å²) in [6.45, 7) is 1.10. The molecule has 102 valence electrons. The summed E-state index contributed by atoms with van der Waals surface area (Å²) in [6, 6.07) is 6.60. The van der Waals surface area contributed by atoms with E-state index in [1.165, 1.54) is 0 Å². The third-order valence-corrected chi connectivity index (χ3v) is 3.49. The zero-order chi connectivity index (χ0) is 14.6. The number of hydrogen-bond donors (Lipinski definition) is 2. The van der Waals surface area contributed by atoms with E-state index in [2.05, 4.69) is 15.9 Å². The lowest BCUT2D eigenvalue weighted by Gasteiger charge is -2.18. The number of carboxylic acids is 2. The lowest BCUT2D eigenvalue weighted by molar-refractivity contribution is -0.163. The van der Waals surface area contributed by atoms with Crippen LogP contribution in [0.5, 0.6) is 0 Å². The Balaban J connectivity index is 2.75. The minimum Gasteiger partial charge on any atom is -0.480 e. The molecule has 0 spiro atoms. The highest BCUT2D eigenvalue weighted by Gasteiger charge is 2.41. The average molecular weight is 329 g/mol. The Morgan fingerprint density at radius 1 is 1.11 bits per heavy atom. The van der Waals surface area contributed by atoms with Gasteiger partial charge in [0.25, 0.3) is 0 Å². The Bertz CT molecular complexity index is 492. The lowest BCUT2D eigenvalue weighted by atomic mass is 9.84. The number of carbonyl (C=O) groups excluding carboxylic acids is 1. The second-order valence-electron chi connectivity index (χ2n) is 4.37. The molecule has 0 aliphatic heterocycles. The Morgan fingerprint density at radius 3 is 2.00 bits per heavy atom. The van der Waals surface area contributed by atoms with Crippen LogP contribution in [0.2, 0.25) is 0 Å². The molecule has 1 rings (SSSR count). The highest BCUT2D eigenvalue weighted by molar-refractivity contribution is 9.10. The third-order valence-electron chi connectivity index (χ3n) is 2.96. The van der Waals surface area contributed by atoms with Crippen molar-refractivity contribution in [3.63, 3.8) is 0 Å². The number of benzene rings is 1. The molecule has 0 saturated heterocycles. The van der Waals surface area contributed by atoms with Gasteiger partial charge in [-0.1, -0.05) is 28.1 Å². The van der Waals surface area contributed by atoms with Gasteiger partial charge in [0.2, 0.25) is 0 Å². The molecule has 0 heterocycles. The molecule has 0 bridgehead atoms. The van der Waals surface area contributed by atoms with Crippen LogP contribution in [0.15, 0.2) is 28.7 Å². The molecule has 0 amide bonds. The first kappa shape index (κ1) is 15.4. The predicted molar refractivity (Wildman–Crippen MR) is 71.1 cm³/mol. The molecule has 19 heavy (non-hydrogen) atoms. The van der Waals surface area contributed by atoms with Crippen molar-refractivity contribution in [1.29, 1.82) is 0 Å². The van der Waals surface area contributed by atoms with Crippen molar-refractivity contribution in [2.75, 3.05) is 0 Å². The number of Topliss-reactive ketones (excluding diaryl/α,β-unsaturated/α-hetero) is 1. The van der Waals surface area contributed by atoms with Crippen LogP contribution in [-0.2, 0) is 9.59 Å². The predicted octanol–water partition coefficient (Wildman–Crippen LogP) is 2.59. The lowest BCUT2D eigenvalue weighted by Crippen LogP contribution is -2.36. The smallest absolute Gasteiger partial charge is 0.320 e. The van der Waals surface area contributed by atoms with Crippen molar-refractivity contribution in [1.82, 2.24) is 0 Å². The molecule has 2 N–H and O–H groups in total. The van der Waals surface area contributed by atoms with Crippen LogP contribution in [-0.4, -0.2) is 27.9 Å². The second-order valence-corrected chi connectivity index (χ2v) is 5.29. The summed E-state index contributed by atoms with van der Waals surface area (Å²) in [5.74, 6) is -3.16. The molecular formula is C13H13BrO5. The Kier molecular flexibility index (Phi) is 4.83. The van der Waals surface area contributed by atoms with Gasteiger partial charge in [-0.25, -0.2) is 0 Å². The van der Waals surface area contributed by atoms with Gasteiger partial charge in [-0.3, -0.25) is 14.4 Å². The fraction of sp³-hybridized carbons (Fsp3) is 0.308. The van der Waals surface area contributed by atoms with E-state index in [9.17, 15) is 14.4 Å². The highest BCUT2D eigenvalue weighted by Crippen LogP contribution is 2.25. The van der Waals surface area contributed by atoms with E-state index in [1.54, 1.807) is 24.3 Å². The van der Waals surface area contributed by atoms with Gasteiger partial charge < -0.3 is 10.2 Å². The number of hydrogen-bond acceptors (Lipinski definition) is 3. The van der Waals surface area contributed by atoms with E-state index in [0.717, 1.165) is 11.4 Å². The third kappa shape index (κ3) is 3.64. The summed E-state index contributed by atoms with van der Waals surface area (Å²) in [5, 5.41) is 17.8. The van der Waals surface area contributed by atoms with Crippen molar-refractivity contribution in [3.8, 4) is 0 Å². The molecule has 0 aromatic heterocycles. The van der Waals surface area contributed by atoms with Crippen LogP contribution < -0.4 is 0 Å². The van der Waals surface area contributed by atoms with Crippen LogP contribution in [0.25, 0.3) is 0 Å². The average Bonchev–Trinajstić information content (AvgIpc) is 2.35. The maximum atomic E-state index is 11.8. The van der Waals surface area contributed by atoms with Crippen LogP contribution in [0.3, 0.4) is 0 Å². The van der Waals surface area contributed by atoms with Gasteiger partial charge in [-0.05, 0) is 25.5 Å². The molecule has 5 nitrogen and oxygen atoms in total. The van der Waals surface area contributed by atoms with E-state index in [4.69, 9.17) is 10.2 Å². The number of carbonyl (C=O) groups is 3. The Hall–Kier alpha value is -1.69. The minimum absolute atomic E-state index is 0.128. The van der Waals surface area contributed by atoms with Gasteiger partial charge >= 0.3 is 11.9 Å².